The number of nitrogens with zero attached hydrogens (tertiary/aromatic N) is 1. The van der Waals surface area contributed by atoms with Crippen LogP contribution in [-0.2, 0) is 4.79 Å². The average molecular weight is 289 g/mol. The summed E-state index contributed by atoms with van der Waals surface area (Å²) in [7, 11) is 1.90. The monoisotopic (exact) mass is 289 g/mol. The van der Waals surface area contributed by atoms with Crippen LogP contribution in [0, 0.1) is 11.3 Å². The van der Waals surface area contributed by atoms with E-state index in [9.17, 15) is 9.90 Å². The van der Waals surface area contributed by atoms with Gasteiger partial charge in [0.2, 0.25) is 5.91 Å². The second-order valence-electron chi connectivity index (χ2n) is 7.25. The van der Waals surface area contributed by atoms with Crippen molar-refractivity contribution in [3.8, 4) is 0 Å². The maximum Gasteiger partial charge on any atom is 0.227 e. The molecule has 1 aliphatic carbocycles. The summed E-state index contributed by atoms with van der Waals surface area (Å²) >= 11 is 0. The molecule has 3 unspecified atom stereocenters. The quantitative estimate of drug-likeness (QED) is 0.929. The van der Waals surface area contributed by atoms with Crippen molar-refractivity contribution < 1.29 is 9.90 Å². The molecule has 0 radical (unpaired) electrons. The lowest BCUT2D eigenvalue weighted by molar-refractivity contribution is -0.140. The highest BCUT2D eigenvalue weighted by Crippen LogP contribution is 2.41. The van der Waals surface area contributed by atoms with Crippen LogP contribution in [0.1, 0.15) is 45.1 Å². The summed E-state index contributed by atoms with van der Waals surface area (Å²) in [5.41, 5.74) is 0.921. The molecule has 0 aliphatic heterocycles. The van der Waals surface area contributed by atoms with E-state index < -0.39 is 0 Å². The number of aliphatic hydroxyl groups is 1. The Morgan fingerprint density at radius 1 is 1.24 bits per heavy atom. The molecule has 1 aromatic carbocycles. The molecule has 0 spiro atoms. The number of aliphatic hydroxyl groups excluding tert-OH is 1. The molecule has 116 valence electrons. The van der Waals surface area contributed by atoms with Gasteiger partial charge in [0.15, 0.2) is 0 Å². The number of benzene rings is 1. The number of carbonyl (C=O) groups is 1. The zero-order valence-corrected chi connectivity index (χ0v) is 13.5. The molecule has 0 saturated heterocycles. The topological polar surface area (TPSA) is 40.5 Å². The summed E-state index contributed by atoms with van der Waals surface area (Å²) < 4.78 is 0. The highest BCUT2D eigenvalue weighted by Gasteiger charge is 2.39. The lowest BCUT2D eigenvalue weighted by atomic mass is 9.89. The van der Waals surface area contributed by atoms with Gasteiger partial charge in [0.05, 0.1) is 0 Å². The average Bonchev–Trinajstić information content (AvgIpc) is 2.90. The van der Waals surface area contributed by atoms with Crippen LogP contribution in [-0.4, -0.2) is 35.6 Å². The highest BCUT2D eigenvalue weighted by atomic mass is 16.3. The summed E-state index contributed by atoms with van der Waals surface area (Å²) in [6, 6.07) is 10.6. The predicted octanol–water partition coefficient (Wildman–Crippen LogP) is 3.05. The van der Waals surface area contributed by atoms with Gasteiger partial charge in [-0.2, -0.15) is 0 Å². The molecular weight excluding hydrogens is 262 g/mol. The second kappa shape index (κ2) is 6.18. The van der Waals surface area contributed by atoms with Gasteiger partial charge >= 0.3 is 0 Å². The van der Waals surface area contributed by atoms with Crippen LogP contribution in [0.25, 0.3) is 0 Å². The van der Waals surface area contributed by atoms with E-state index in [1.807, 2.05) is 50.9 Å². The minimum atomic E-state index is -0.353. The second-order valence-corrected chi connectivity index (χ2v) is 7.25. The lowest BCUT2D eigenvalue weighted by Crippen LogP contribution is -2.42. The maximum atomic E-state index is 12.5. The van der Waals surface area contributed by atoms with Gasteiger partial charge in [-0.3, -0.25) is 4.79 Å². The van der Waals surface area contributed by atoms with Gasteiger partial charge in [-0.05, 0) is 30.2 Å². The van der Waals surface area contributed by atoms with Gasteiger partial charge in [0.1, 0.15) is 0 Å². The summed E-state index contributed by atoms with van der Waals surface area (Å²) in [5.74, 6) is 0.766. The Bertz CT molecular complexity index is 478. The molecule has 21 heavy (non-hydrogen) atoms. The summed E-state index contributed by atoms with van der Waals surface area (Å²) in [6.07, 6.45) is 1.82. The van der Waals surface area contributed by atoms with Crippen molar-refractivity contribution in [2.45, 2.75) is 45.6 Å². The minimum Gasteiger partial charge on any atom is -0.396 e. The van der Waals surface area contributed by atoms with Crippen LogP contribution >= 0.6 is 0 Å². The molecule has 3 heteroatoms. The van der Waals surface area contributed by atoms with Gasteiger partial charge in [0.25, 0.3) is 0 Å². The molecule has 2 rings (SSSR count). The van der Waals surface area contributed by atoms with E-state index in [4.69, 9.17) is 0 Å². The lowest BCUT2D eigenvalue weighted by Gasteiger charge is -2.31. The normalized spacial score (nSPS) is 25.9. The third-order valence-electron chi connectivity index (χ3n) is 4.64. The van der Waals surface area contributed by atoms with Crippen LogP contribution in [0.2, 0.25) is 0 Å². The van der Waals surface area contributed by atoms with Crippen molar-refractivity contribution >= 4 is 5.91 Å². The van der Waals surface area contributed by atoms with Gasteiger partial charge in [-0.25, -0.2) is 0 Å². The van der Waals surface area contributed by atoms with Crippen molar-refractivity contribution in [2.75, 3.05) is 13.7 Å². The standard InChI is InChI=1S/C18H27NO2/c1-18(2,3)17(21)19(4)15-10-14(12-20)16(11-15)13-8-6-5-7-9-13/h5-9,14-16,20H,10-12H2,1-4H3. The van der Waals surface area contributed by atoms with Crippen molar-refractivity contribution in [2.24, 2.45) is 11.3 Å². The Morgan fingerprint density at radius 2 is 1.86 bits per heavy atom. The maximum absolute atomic E-state index is 12.5. The molecular formula is C18H27NO2. The van der Waals surface area contributed by atoms with Crippen LogP contribution in [0.3, 0.4) is 0 Å². The van der Waals surface area contributed by atoms with Gasteiger partial charge in [-0.15, -0.1) is 0 Å². The van der Waals surface area contributed by atoms with Crippen molar-refractivity contribution in [1.29, 1.82) is 0 Å². The van der Waals surface area contributed by atoms with Gasteiger partial charge < -0.3 is 10.0 Å². The summed E-state index contributed by atoms with van der Waals surface area (Å²) in [5, 5.41) is 9.69. The molecule has 1 fully saturated rings. The zero-order chi connectivity index (χ0) is 15.6. The fourth-order valence-corrected chi connectivity index (χ4v) is 3.42. The number of amides is 1. The molecule has 0 heterocycles. The Morgan fingerprint density at radius 3 is 2.38 bits per heavy atom. The largest absolute Gasteiger partial charge is 0.396 e. The Kier molecular flexibility index (Phi) is 4.72. The number of hydrogen-bond acceptors (Lipinski definition) is 2. The highest BCUT2D eigenvalue weighted by molar-refractivity contribution is 5.81. The molecule has 3 nitrogen and oxygen atoms in total. The SMILES string of the molecule is CN(C(=O)C(C)(C)C)C1CC(CO)C(c2ccccc2)C1. The number of rotatable bonds is 3. The van der Waals surface area contributed by atoms with Crippen LogP contribution < -0.4 is 0 Å². The fraction of sp³-hybridized carbons (Fsp3) is 0.611. The van der Waals surface area contributed by atoms with E-state index in [1.165, 1.54) is 5.56 Å². The molecule has 1 aromatic rings. The smallest absolute Gasteiger partial charge is 0.227 e. The molecule has 3 atom stereocenters. The van der Waals surface area contributed by atoms with Gasteiger partial charge in [-0.1, -0.05) is 51.1 Å². The van der Waals surface area contributed by atoms with E-state index in [0.29, 0.717) is 5.92 Å². The summed E-state index contributed by atoms with van der Waals surface area (Å²) in [6.45, 7) is 6.06. The molecule has 1 N–H and O–H groups in total. The van der Waals surface area contributed by atoms with E-state index in [-0.39, 0.29) is 29.9 Å². The first-order valence-electron chi connectivity index (χ1n) is 7.77. The van der Waals surface area contributed by atoms with Crippen LogP contribution in [0.5, 0.6) is 0 Å². The molecule has 0 bridgehead atoms. The molecule has 1 amide bonds. The van der Waals surface area contributed by atoms with Crippen molar-refractivity contribution in [3.05, 3.63) is 35.9 Å². The van der Waals surface area contributed by atoms with Crippen molar-refractivity contribution in [3.63, 3.8) is 0 Å². The van der Waals surface area contributed by atoms with Crippen LogP contribution in [0.15, 0.2) is 30.3 Å². The molecule has 0 aromatic heterocycles. The van der Waals surface area contributed by atoms with E-state index in [2.05, 4.69) is 12.1 Å². The Hall–Kier alpha value is -1.35. The van der Waals surface area contributed by atoms with E-state index >= 15 is 0 Å². The van der Waals surface area contributed by atoms with Crippen molar-refractivity contribution in [1.82, 2.24) is 4.90 Å². The predicted molar refractivity (Wildman–Crippen MR) is 85.0 cm³/mol. The Labute approximate surface area is 128 Å². The minimum absolute atomic E-state index is 0.179. The molecule has 1 saturated carbocycles. The number of carbonyl (C=O) groups excluding carboxylic acids is 1. The zero-order valence-electron chi connectivity index (χ0n) is 13.5. The van der Waals surface area contributed by atoms with E-state index in [0.717, 1.165) is 12.8 Å². The van der Waals surface area contributed by atoms with Crippen LogP contribution in [0.4, 0.5) is 0 Å². The third-order valence-corrected chi connectivity index (χ3v) is 4.64. The number of hydrogen-bond donors (Lipinski definition) is 1. The van der Waals surface area contributed by atoms with Gasteiger partial charge in [0, 0.05) is 25.1 Å². The molecule has 1 aliphatic rings. The first-order valence-corrected chi connectivity index (χ1v) is 7.77. The Balaban J connectivity index is 2.14. The first kappa shape index (κ1) is 16.0. The van der Waals surface area contributed by atoms with E-state index in [1.54, 1.807) is 0 Å². The first-order chi connectivity index (χ1) is 9.84. The fourth-order valence-electron chi connectivity index (χ4n) is 3.42. The summed E-state index contributed by atoms with van der Waals surface area (Å²) in [4.78, 5) is 14.3. The third kappa shape index (κ3) is 3.46.